The number of ether oxygens (including phenoxy) is 1. The summed E-state index contributed by atoms with van der Waals surface area (Å²) in [5.41, 5.74) is 7.44. The van der Waals surface area contributed by atoms with Gasteiger partial charge in [0.05, 0.1) is 16.3 Å². The fraction of sp³-hybridized carbons (Fsp3) is 0.0333. The molecular weight excluding hydrogens is 690 g/mol. The molecule has 194 valence electrons. The van der Waals surface area contributed by atoms with Crippen LogP contribution in [-0.2, 0) is 0 Å². The van der Waals surface area contributed by atoms with E-state index in [2.05, 4.69) is 63.3 Å². The van der Waals surface area contributed by atoms with E-state index < -0.39 is 11.9 Å². The van der Waals surface area contributed by atoms with Gasteiger partial charge in [0.15, 0.2) is 5.75 Å². The van der Waals surface area contributed by atoms with E-state index in [4.69, 9.17) is 4.74 Å². The van der Waals surface area contributed by atoms with Crippen molar-refractivity contribution in [1.82, 2.24) is 10.4 Å². The number of aromatic nitrogens is 1. The van der Waals surface area contributed by atoms with Gasteiger partial charge in [0, 0.05) is 31.0 Å². The Bertz CT molecular complexity index is 1730. The fourth-order valence-electron chi connectivity index (χ4n) is 4.08. The molecule has 39 heavy (non-hydrogen) atoms. The van der Waals surface area contributed by atoms with E-state index in [1.165, 1.54) is 6.21 Å². The number of aryl methyl sites for hydroxylation is 1. The molecule has 5 aromatic rings. The minimum Gasteiger partial charge on any atom is -0.421 e. The molecule has 1 amide bonds. The molecule has 4 aromatic carbocycles. The SMILES string of the molecule is Cc1ccc(C(=O)Oc2c(Br)cc(Br)cc2C=NNC(=O)c2[nH]c3ccc(Br)cc3c2-c2ccccc2)cc1. The Labute approximate surface area is 249 Å². The second kappa shape index (κ2) is 11.7. The van der Waals surface area contributed by atoms with Gasteiger partial charge in [0.1, 0.15) is 5.69 Å². The minimum atomic E-state index is -0.506. The van der Waals surface area contributed by atoms with Crippen LogP contribution in [0.2, 0.25) is 0 Å². The Balaban J connectivity index is 1.43. The van der Waals surface area contributed by atoms with E-state index >= 15 is 0 Å². The number of hydrazone groups is 1. The molecule has 0 aliphatic heterocycles. The largest absolute Gasteiger partial charge is 0.421 e. The van der Waals surface area contributed by atoms with Crippen LogP contribution in [0.25, 0.3) is 22.0 Å². The van der Waals surface area contributed by atoms with Crippen LogP contribution in [0.1, 0.15) is 32.0 Å². The van der Waals surface area contributed by atoms with Gasteiger partial charge in [-0.1, -0.05) is 79.9 Å². The molecule has 0 fully saturated rings. The molecule has 1 heterocycles. The Morgan fingerprint density at radius 2 is 1.64 bits per heavy atom. The van der Waals surface area contributed by atoms with Crippen molar-refractivity contribution in [2.75, 3.05) is 0 Å². The van der Waals surface area contributed by atoms with Crippen LogP contribution in [0.5, 0.6) is 5.75 Å². The number of hydrogen-bond donors (Lipinski definition) is 2. The van der Waals surface area contributed by atoms with Crippen LogP contribution in [0.3, 0.4) is 0 Å². The monoisotopic (exact) mass is 707 g/mol. The normalized spacial score (nSPS) is 11.2. The predicted molar refractivity (Wildman–Crippen MR) is 164 cm³/mol. The number of fused-ring (bicyclic) bond motifs is 1. The molecule has 0 saturated heterocycles. The van der Waals surface area contributed by atoms with Crippen molar-refractivity contribution in [2.24, 2.45) is 5.10 Å². The number of halogens is 3. The molecule has 9 heteroatoms. The Kier molecular flexibility index (Phi) is 8.11. The van der Waals surface area contributed by atoms with Gasteiger partial charge in [-0.15, -0.1) is 0 Å². The summed E-state index contributed by atoms with van der Waals surface area (Å²) in [5, 5.41) is 5.10. The van der Waals surface area contributed by atoms with Crippen LogP contribution in [0, 0.1) is 6.92 Å². The van der Waals surface area contributed by atoms with E-state index in [1.807, 2.05) is 67.6 Å². The molecule has 6 nitrogen and oxygen atoms in total. The first kappa shape index (κ1) is 27.1. The number of hydrogen-bond acceptors (Lipinski definition) is 4. The molecule has 1 aromatic heterocycles. The zero-order valence-corrected chi connectivity index (χ0v) is 25.2. The Hall–Kier alpha value is -3.53. The van der Waals surface area contributed by atoms with Crippen LogP contribution < -0.4 is 10.2 Å². The van der Waals surface area contributed by atoms with Gasteiger partial charge in [-0.3, -0.25) is 4.79 Å². The molecule has 0 aliphatic carbocycles. The summed E-state index contributed by atoms with van der Waals surface area (Å²) in [5.74, 6) is -0.639. The maximum absolute atomic E-state index is 13.3. The average molecular weight is 710 g/mol. The molecule has 0 aliphatic rings. The smallest absolute Gasteiger partial charge is 0.343 e. The lowest BCUT2D eigenvalue weighted by Gasteiger charge is -2.11. The lowest BCUT2D eigenvalue weighted by Crippen LogP contribution is -2.19. The number of aromatic amines is 1. The summed E-state index contributed by atoms with van der Waals surface area (Å²) in [6, 6.07) is 26.1. The molecule has 0 spiro atoms. The first-order valence-corrected chi connectivity index (χ1v) is 14.2. The zero-order valence-electron chi connectivity index (χ0n) is 20.5. The highest BCUT2D eigenvalue weighted by atomic mass is 79.9. The van der Waals surface area contributed by atoms with Crippen molar-refractivity contribution in [1.29, 1.82) is 0 Å². The molecular formula is C30H20Br3N3O3. The fourth-order valence-corrected chi connectivity index (χ4v) is 5.78. The number of carbonyl (C=O) groups excluding carboxylic acids is 2. The molecule has 0 unspecified atom stereocenters. The minimum absolute atomic E-state index is 0.280. The van der Waals surface area contributed by atoms with Gasteiger partial charge in [0.2, 0.25) is 0 Å². The molecule has 0 bridgehead atoms. The van der Waals surface area contributed by atoms with E-state index in [0.29, 0.717) is 21.3 Å². The van der Waals surface area contributed by atoms with E-state index in [9.17, 15) is 9.59 Å². The number of carbonyl (C=O) groups is 2. The third kappa shape index (κ3) is 6.06. The number of amides is 1. The van der Waals surface area contributed by atoms with Gasteiger partial charge in [-0.05, 0) is 70.9 Å². The van der Waals surface area contributed by atoms with Gasteiger partial charge < -0.3 is 9.72 Å². The van der Waals surface area contributed by atoms with Crippen molar-refractivity contribution in [3.8, 4) is 16.9 Å². The van der Waals surface area contributed by atoms with E-state index in [1.54, 1.807) is 24.3 Å². The molecule has 5 rings (SSSR count). The van der Waals surface area contributed by atoms with Gasteiger partial charge >= 0.3 is 5.97 Å². The third-order valence-corrected chi connectivity index (χ3v) is 7.48. The molecule has 0 saturated carbocycles. The van der Waals surface area contributed by atoms with Crippen LogP contribution >= 0.6 is 47.8 Å². The van der Waals surface area contributed by atoms with Crippen molar-refractivity contribution < 1.29 is 14.3 Å². The second-order valence-electron chi connectivity index (χ2n) is 8.69. The van der Waals surface area contributed by atoms with E-state index in [0.717, 1.165) is 36.5 Å². The Morgan fingerprint density at radius 3 is 2.38 bits per heavy atom. The number of benzene rings is 4. The van der Waals surface area contributed by atoms with Crippen molar-refractivity contribution in [3.05, 3.63) is 121 Å². The highest BCUT2D eigenvalue weighted by Gasteiger charge is 2.20. The topological polar surface area (TPSA) is 83.5 Å². The quantitative estimate of drug-likeness (QED) is 0.0804. The first-order valence-electron chi connectivity index (χ1n) is 11.8. The number of esters is 1. The first-order chi connectivity index (χ1) is 18.8. The van der Waals surface area contributed by atoms with Crippen LogP contribution in [0.15, 0.2) is 103 Å². The van der Waals surface area contributed by atoms with Crippen LogP contribution in [-0.4, -0.2) is 23.1 Å². The number of H-pyrrole nitrogens is 1. The average Bonchev–Trinajstić information content (AvgIpc) is 3.30. The standard InChI is InChI=1S/C30H20Br3N3O3/c1-17-7-9-19(10-8-17)30(38)39-28-20(13-22(32)15-24(28)33)16-34-36-29(37)27-26(18-5-3-2-4-6-18)23-14-21(31)11-12-25(23)35-27/h2-16,35H,1H3,(H,36,37). The summed E-state index contributed by atoms with van der Waals surface area (Å²) in [6.07, 6.45) is 1.44. The maximum atomic E-state index is 13.3. The summed E-state index contributed by atoms with van der Waals surface area (Å²) < 4.78 is 7.91. The summed E-state index contributed by atoms with van der Waals surface area (Å²) in [7, 11) is 0. The van der Waals surface area contributed by atoms with E-state index in [-0.39, 0.29) is 5.75 Å². The Morgan fingerprint density at radius 1 is 0.897 bits per heavy atom. The lowest BCUT2D eigenvalue weighted by atomic mass is 10.0. The molecule has 0 atom stereocenters. The maximum Gasteiger partial charge on any atom is 0.343 e. The van der Waals surface area contributed by atoms with Crippen molar-refractivity contribution in [3.63, 3.8) is 0 Å². The highest BCUT2D eigenvalue weighted by Crippen LogP contribution is 2.35. The van der Waals surface area contributed by atoms with Crippen molar-refractivity contribution in [2.45, 2.75) is 6.92 Å². The number of nitrogens with zero attached hydrogens (tertiary/aromatic N) is 1. The zero-order chi connectivity index (χ0) is 27.5. The number of nitrogens with one attached hydrogen (secondary N) is 2. The van der Waals surface area contributed by atoms with Gasteiger partial charge in [0.25, 0.3) is 5.91 Å². The van der Waals surface area contributed by atoms with Gasteiger partial charge in [-0.25, -0.2) is 10.2 Å². The lowest BCUT2D eigenvalue weighted by molar-refractivity contribution is 0.0733. The van der Waals surface area contributed by atoms with Crippen molar-refractivity contribution >= 4 is 76.8 Å². The molecule has 0 radical (unpaired) electrons. The van der Waals surface area contributed by atoms with Crippen LogP contribution in [0.4, 0.5) is 0 Å². The number of rotatable bonds is 6. The summed E-state index contributed by atoms with van der Waals surface area (Å²) in [6.45, 7) is 1.95. The second-order valence-corrected chi connectivity index (χ2v) is 11.4. The summed E-state index contributed by atoms with van der Waals surface area (Å²) >= 11 is 10.4. The highest BCUT2D eigenvalue weighted by molar-refractivity contribution is 9.11. The van der Waals surface area contributed by atoms with Gasteiger partial charge in [-0.2, -0.15) is 5.10 Å². The third-order valence-electron chi connectivity index (χ3n) is 5.94. The molecule has 2 N–H and O–H groups in total. The predicted octanol–water partition coefficient (Wildman–Crippen LogP) is 8.41. The summed E-state index contributed by atoms with van der Waals surface area (Å²) in [4.78, 5) is 29.3.